The fourth-order valence-electron chi connectivity index (χ4n) is 3.03. The third-order valence-electron chi connectivity index (χ3n) is 4.58. The minimum Gasteiger partial charge on any atom is -0.329 e. The van der Waals surface area contributed by atoms with E-state index in [0.717, 1.165) is 16.4 Å². The zero-order chi connectivity index (χ0) is 22.7. The molecule has 32 heavy (non-hydrogen) atoms. The Labute approximate surface area is 197 Å². The number of thioether (sulfide) groups is 1. The Morgan fingerprint density at radius 3 is 2.59 bits per heavy atom. The molecule has 3 aromatic heterocycles. The zero-order valence-corrected chi connectivity index (χ0v) is 20.2. The Bertz CT molecular complexity index is 1260. The van der Waals surface area contributed by atoms with Gasteiger partial charge in [-0.15, -0.1) is 22.7 Å². The average molecular weight is 484 g/mol. The van der Waals surface area contributed by atoms with Gasteiger partial charge in [0.25, 0.3) is 5.91 Å². The quantitative estimate of drug-likeness (QED) is 0.353. The third-order valence-corrected chi connectivity index (χ3v) is 7.36. The largest absolute Gasteiger partial charge is 0.329 e. The van der Waals surface area contributed by atoms with E-state index in [1.807, 2.05) is 23.2 Å². The van der Waals surface area contributed by atoms with Crippen LogP contribution in [0.5, 0.6) is 0 Å². The summed E-state index contributed by atoms with van der Waals surface area (Å²) in [5, 5.41) is 8.96. The summed E-state index contributed by atoms with van der Waals surface area (Å²) in [6, 6.07) is 8.89. The number of carbonyl (C=O) groups excluding carboxylic acids is 2. The number of nitrogens with one attached hydrogen (secondary N) is 2. The molecule has 0 spiro atoms. The molecule has 0 aliphatic rings. The maximum atomic E-state index is 12.6. The van der Waals surface area contributed by atoms with Crippen LogP contribution in [0.25, 0.3) is 11.3 Å². The second-order valence-corrected chi connectivity index (χ2v) is 10.3. The van der Waals surface area contributed by atoms with Crippen molar-refractivity contribution in [3.8, 4) is 11.3 Å². The second-order valence-electron chi connectivity index (χ2n) is 7.05. The lowest BCUT2D eigenvalue weighted by Gasteiger charge is -2.07. The highest BCUT2D eigenvalue weighted by Crippen LogP contribution is 2.32. The normalized spacial score (nSPS) is 10.8. The lowest BCUT2D eigenvalue weighted by molar-refractivity contribution is -0.113. The van der Waals surface area contributed by atoms with Crippen molar-refractivity contribution in [2.24, 2.45) is 7.05 Å². The van der Waals surface area contributed by atoms with E-state index < -0.39 is 0 Å². The smallest absolute Gasteiger partial charge is 0.257 e. The summed E-state index contributed by atoms with van der Waals surface area (Å²) in [6.45, 7) is 4.14. The van der Waals surface area contributed by atoms with Gasteiger partial charge in [-0.2, -0.15) is 0 Å². The van der Waals surface area contributed by atoms with Gasteiger partial charge in [-0.1, -0.05) is 11.8 Å². The van der Waals surface area contributed by atoms with Crippen LogP contribution < -0.4 is 10.6 Å². The SMILES string of the molecule is Cc1cc(-c2csc(NC(=O)c3ccc(NC(=O)CSc4nccn4C)cc3)n2)c(C)s1. The molecule has 4 rings (SSSR count). The van der Waals surface area contributed by atoms with E-state index in [2.05, 4.69) is 40.5 Å². The molecule has 0 saturated heterocycles. The zero-order valence-electron chi connectivity index (χ0n) is 17.7. The van der Waals surface area contributed by atoms with Crippen molar-refractivity contribution in [2.45, 2.75) is 19.0 Å². The summed E-state index contributed by atoms with van der Waals surface area (Å²) < 4.78 is 1.86. The van der Waals surface area contributed by atoms with Crippen LogP contribution in [0.3, 0.4) is 0 Å². The number of imidazole rings is 1. The maximum absolute atomic E-state index is 12.6. The molecule has 0 aliphatic carbocycles. The van der Waals surface area contributed by atoms with Crippen LogP contribution in [0.2, 0.25) is 0 Å². The van der Waals surface area contributed by atoms with Crippen molar-refractivity contribution in [2.75, 3.05) is 16.4 Å². The molecule has 3 heterocycles. The van der Waals surface area contributed by atoms with E-state index in [-0.39, 0.29) is 17.6 Å². The number of anilines is 2. The molecular formula is C22H21N5O2S3. The predicted molar refractivity (Wildman–Crippen MR) is 132 cm³/mol. The Balaban J connectivity index is 1.33. The van der Waals surface area contributed by atoms with Gasteiger partial charge in [0.2, 0.25) is 5.91 Å². The lowest BCUT2D eigenvalue weighted by Crippen LogP contribution is -2.15. The molecule has 1 aromatic carbocycles. The number of thiophene rings is 1. The Morgan fingerprint density at radius 1 is 1.16 bits per heavy atom. The van der Waals surface area contributed by atoms with Crippen molar-refractivity contribution in [3.63, 3.8) is 0 Å². The molecule has 0 radical (unpaired) electrons. The van der Waals surface area contributed by atoms with E-state index in [4.69, 9.17) is 0 Å². The summed E-state index contributed by atoms with van der Waals surface area (Å²) in [6.07, 6.45) is 3.53. The van der Waals surface area contributed by atoms with E-state index in [1.54, 1.807) is 41.8 Å². The molecule has 164 valence electrons. The summed E-state index contributed by atoms with van der Waals surface area (Å²) in [4.78, 5) is 35.9. The van der Waals surface area contributed by atoms with Gasteiger partial charge in [0.1, 0.15) is 0 Å². The minimum atomic E-state index is -0.243. The summed E-state index contributed by atoms with van der Waals surface area (Å²) in [5.74, 6) is -0.125. The number of hydrogen-bond acceptors (Lipinski definition) is 7. The summed E-state index contributed by atoms with van der Waals surface area (Å²) >= 11 is 4.50. The predicted octanol–water partition coefficient (Wildman–Crippen LogP) is 5.21. The van der Waals surface area contributed by atoms with E-state index in [0.29, 0.717) is 16.4 Å². The molecule has 7 nitrogen and oxygen atoms in total. The van der Waals surface area contributed by atoms with Crippen LogP contribution in [-0.2, 0) is 11.8 Å². The first-order chi connectivity index (χ1) is 15.4. The van der Waals surface area contributed by atoms with Crippen molar-refractivity contribution < 1.29 is 9.59 Å². The molecule has 0 bridgehead atoms. The van der Waals surface area contributed by atoms with Crippen LogP contribution in [0, 0.1) is 13.8 Å². The fourth-order valence-corrected chi connectivity index (χ4v) is 5.40. The standard InChI is InChI=1S/C22H21N5O2S3/c1-13-10-17(14(2)32-13)18-11-30-21(25-18)26-20(29)15-4-6-16(7-5-15)24-19(28)12-31-22-23-8-9-27(22)3/h4-11H,12H2,1-3H3,(H,24,28)(H,25,26,29). The molecule has 4 aromatic rings. The molecule has 0 aliphatic heterocycles. The van der Waals surface area contributed by atoms with Crippen LogP contribution in [0.4, 0.5) is 10.8 Å². The van der Waals surface area contributed by atoms with Gasteiger partial charge >= 0.3 is 0 Å². The highest BCUT2D eigenvalue weighted by molar-refractivity contribution is 7.99. The van der Waals surface area contributed by atoms with E-state index in [1.165, 1.54) is 32.9 Å². The number of rotatable bonds is 7. The van der Waals surface area contributed by atoms with Gasteiger partial charge < -0.3 is 9.88 Å². The molecule has 2 N–H and O–H groups in total. The molecular weight excluding hydrogens is 462 g/mol. The van der Waals surface area contributed by atoms with Gasteiger partial charge in [-0.3, -0.25) is 14.9 Å². The number of thiazole rings is 1. The maximum Gasteiger partial charge on any atom is 0.257 e. The lowest BCUT2D eigenvalue weighted by atomic mass is 10.2. The van der Waals surface area contributed by atoms with Crippen LogP contribution in [0.15, 0.2) is 53.3 Å². The first-order valence-electron chi connectivity index (χ1n) is 9.73. The van der Waals surface area contributed by atoms with Crippen molar-refractivity contribution in [3.05, 3.63) is 63.4 Å². The van der Waals surface area contributed by atoms with E-state index >= 15 is 0 Å². The topological polar surface area (TPSA) is 88.9 Å². The Morgan fingerprint density at radius 2 is 1.94 bits per heavy atom. The fraction of sp³-hybridized carbons (Fsp3) is 0.182. The first kappa shape index (κ1) is 22.3. The number of aromatic nitrogens is 3. The summed E-state index contributed by atoms with van der Waals surface area (Å²) in [5.41, 5.74) is 3.09. The molecule has 0 unspecified atom stereocenters. The number of benzene rings is 1. The monoisotopic (exact) mass is 483 g/mol. The first-order valence-corrected chi connectivity index (χ1v) is 12.4. The Hall–Kier alpha value is -2.95. The molecule has 0 atom stereocenters. The van der Waals surface area contributed by atoms with Crippen molar-refractivity contribution >= 4 is 57.1 Å². The number of aryl methyl sites for hydroxylation is 3. The van der Waals surface area contributed by atoms with Crippen LogP contribution in [-0.4, -0.2) is 32.1 Å². The highest BCUT2D eigenvalue weighted by Gasteiger charge is 2.13. The molecule has 0 saturated carbocycles. The van der Waals surface area contributed by atoms with Gasteiger partial charge in [-0.25, -0.2) is 9.97 Å². The van der Waals surface area contributed by atoms with Gasteiger partial charge in [0.05, 0.1) is 11.4 Å². The number of carbonyl (C=O) groups is 2. The molecule has 2 amide bonds. The Kier molecular flexibility index (Phi) is 6.73. The van der Waals surface area contributed by atoms with Crippen molar-refractivity contribution in [1.82, 2.24) is 14.5 Å². The van der Waals surface area contributed by atoms with Crippen LogP contribution >= 0.6 is 34.4 Å². The third kappa shape index (κ3) is 5.26. The number of amides is 2. The van der Waals surface area contributed by atoms with Crippen molar-refractivity contribution in [1.29, 1.82) is 0 Å². The molecule has 10 heteroatoms. The highest BCUT2D eigenvalue weighted by atomic mass is 32.2. The second kappa shape index (κ2) is 9.68. The van der Waals surface area contributed by atoms with E-state index in [9.17, 15) is 9.59 Å². The minimum absolute atomic E-state index is 0.135. The van der Waals surface area contributed by atoms with Gasteiger partial charge in [-0.05, 0) is 44.2 Å². The number of nitrogens with zero attached hydrogens (tertiary/aromatic N) is 3. The van der Waals surface area contributed by atoms with Gasteiger partial charge in [0.15, 0.2) is 10.3 Å². The van der Waals surface area contributed by atoms with Crippen LogP contribution in [0.1, 0.15) is 20.1 Å². The molecule has 0 fully saturated rings. The number of hydrogen-bond donors (Lipinski definition) is 2. The summed E-state index contributed by atoms with van der Waals surface area (Å²) in [7, 11) is 1.88. The van der Waals surface area contributed by atoms with Gasteiger partial charge in [0, 0.05) is 51.4 Å². The average Bonchev–Trinajstić information content (AvgIpc) is 3.47.